The number of imide groups is 1. The summed E-state index contributed by atoms with van der Waals surface area (Å²) < 4.78 is 0. The van der Waals surface area contributed by atoms with Crippen molar-refractivity contribution in [2.24, 2.45) is 0 Å². The van der Waals surface area contributed by atoms with E-state index in [1.807, 2.05) is 0 Å². The summed E-state index contributed by atoms with van der Waals surface area (Å²) in [6, 6.07) is 1.40. The van der Waals surface area contributed by atoms with Crippen molar-refractivity contribution in [3.63, 3.8) is 0 Å². The van der Waals surface area contributed by atoms with Gasteiger partial charge in [-0.15, -0.1) is 11.3 Å². The number of aromatic carboxylic acids is 1. The Morgan fingerprint density at radius 3 is 2.55 bits per heavy atom. The zero-order valence-electron chi connectivity index (χ0n) is 10.4. The first-order chi connectivity index (χ1) is 9.49. The second kappa shape index (κ2) is 5.83. The maximum absolute atomic E-state index is 11.7. The number of amides is 3. The standard InChI is InChI=1S/C12H12N2O5S/c15-8(3-5-14-9(16)1-2-10(14)17)13-11-7(12(18)19)4-6-20-11/h4,6H,1-3,5H2,(H,13,15)(H,18,19). The molecule has 0 aromatic carbocycles. The molecule has 106 valence electrons. The molecule has 0 spiro atoms. The molecule has 1 aliphatic rings. The van der Waals surface area contributed by atoms with Gasteiger partial charge in [0.15, 0.2) is 0 Å². The minimum absolute atomic E-state index is 0.0247. The first-order valence-electron chi connectivity index (χ1n) is 5.93. The molecule has 2 rings (SSSR count). The van der Waals surface area contributed by atoms with Gasteiger partial charge in [-0.2, -0.15) is 0 Å². The van der Waals surface area contributed by atoms with Gasteiger partial charge in [0.25, 0.3) is 0 Å². The first-order valence-corrected chi connectivity index (χ1v) is 6.81. The van der Waals surface area contributed by atoms with Gasteiger partial charge in [-0.25, -0.2) is 4.79 Å². The van der Waals surface area contributed by atoms with Crippen LogP contribution in [0.4, 0.5) is 5.00 Å². The van der Waals surface area contributed by atoms with Crippen LogP contribution in [0.15, 0.2) is 11.4 Å². The molecule has 0 unspecified atom stereocenters. The van der Waals surface area contributed by atoms with Gasteiger partial charge < -0.3 is 10.4 Å². The van der Waals surface area contributed by atoms with Crippen LogP contribution in [0.1, 0.15) is 29.6 Å². The van der Waals surface area contributed by atoms with Crippen molar-refractivity contribution in [1.82, 2.24) is 4.90 Å². The topological polar surface area (TPSA) is 104 Å². The van der Waals surface area contributed by atoms with Crippen molar-refractivity contribution >= 4 is 40.0 Å². The molecular formula is C12H12N2O5S. The molecule has 1 aromatic heterocycles. The fourth-order valence-electron chi connectivity index (χ4n) is 1.85. The van der Waals surface area contributed by atoms with E-state index in [4.69, 9.17) is 5.11 Å². The van der Waals surface area contributed by atoms with Crippen molar-refractivity contribution in [2.45, 2.75) is 19.3 Å². The van der Waals surface area contributed by atoms with Gasteiger partial charge in [-0.05, 0) is 11.4 Å². The molecule has 1 aromatic rings. The van der Waals surface area contributed by atoms with Crippen LogP contribution >= 0.6 is 11.3 Å². The molecule has 0 atom stereocenters. The molecular weight excluding hydrogens is 284 g/mol. The number of thiophene rings is 1. The predicted molar refractivity (Wildman–Crippen MR) is 70.5 cm³/mol. The highest BCUT2D eigenvalue weighted by Crippen LogP contribution is 2.23. The van der Waals surface area contributed by atoms with Crippen LogP contribution in [0.3, 0.4) is 0 Å². The van der Waals surface area contributed by atoms with E-state index in [2.05, 4.69) is 5.32 Å². The van der Waals surface area contributed by atoms with Crippen LogP contribution < -0.4 is 5.32 Å². The Morgan fingerprint density at radius 2 is 1.95 bits per heavy atom. The van der Waals surface area contributed by atoms with Gasteiger partial charge in [0.05, 0.1) is 5.56 Å². The average Bonchev–Trinajstić information content (AvgIpc) is 2.95. The van der Waals surface area contributed by atoms with Crippen LogP contribution in [0.5, 0.6) is 0 Å². The fourth-order valence-corrected chi connectivity index (χ4v) is 2.64. The minimum Gasteiger partial charge on any atom is -0.478 e. The maximum Gasteiger partial charge on any atom is 0.338 e. The molecule has 0 radical (unpaired) electrons. The fraction of sp³-hybridized carbons (Fsp3) is 0.333. The van der Waals surface area contributed by atoms with Gasteiger partial charge >= 0.3 is 5.97 Å². The molecule has 20 heavy (non-hydrogen) atoms. The number of hydrogen-bond donors (Lipinski definition) is 2. The number of rotatable bonds is 5. The lowest BCUT2D eigenvalue weighted by Gasteiger charge is -2.13. The Hall–Kier alpha value is -2.22. The van der Waals surface area contributed by atoms with Crippen LogP contribution in [0.2, 0.25) is 0 Å². The number of likely N-dealkylation sites (tertiary alicyclic amines) is 1. The van der Waals surface area contributed by atoms with E-state index >= 15 is 0 Å². The summed E-state index contributed by atoms with van der Waals surface area (Å²) in [5, 5.41) is 13.2. The van der Waals surface area contributed by atoms with Crippen LogP contribution in [-0.4, -0.2) is 40.2 Å². The first kappa shape index (κ1) is 14.2. The van der Waals surface area contributed by atoms with E-state index in [0.29, 0.717) is 0 Å². The van der Waals surface area contributed by atoms with Gasteiger partial charge in [-0.3, -0.25) is 19.3 Å². The number of carboxylic acids is 1. The lowest BCUT2D eigenvalue weighted by atomic mass is 10.3. The van der Waals surface area contributed by atoms with Gasteiger partial charge in [0.2, 0.25) is 17.7 Å². The van der Waals surface area contributed by atoms with Gasteiger partial charge in [0, 0.05) is 25.8 Å². The maximum atomic E-state index is 11.7. The molecule has 7 nitrogen and oxygen atoms in total. The summed E-state index contributed by atoms with van der Waals surface area (Å²) in [6.45, 7) is 0.0251. The summed E-state index contributed by atoms with van der Waals surface area (Å²) in [4.78, 5) is 46.4. The van der Waals surface area contributed by atoms with E-state index in [-0.39, 0.29) is 48.2 Å². The van der Waals surface area contributed by atoms with E-state index in [9.17, 15) is 19.2 Å². The van der Waals surface area contributed by atoms with E-state index < -0.39 is 11.9 Å². The highest BCUT2D eigenvalue weighted by Gasteiger charge is 2.28. The number of carbonyl (C=O) groups is 4. The zero-order chi connectivity index (χ0) is 14.7. The number of carbonyl (C=O) groups excluding carboxylic acids is 3. The third-order valence-electron chi connectivity index (χ3n) is 2.87. The zero-order valence-corrected chi connectivity index (χ0v) is 11.2. The van der Waals surface area contributed by atoms with Gasteiger partial charge in [-0.1, -0.05) is 0 Å². The molecule has 1 fully saturated rings. The number of anilines is 1. The quantitative estimate of drug-likeness (QED) is 0.786. The Morgan fingerprint density at radius 1 is 1.30 bits per heavy atom. The van der Waals surface area contributed by atoms with Crippen molar-refractivity contribution in [1.29, 1.82) is 0 Å². The third-order valence-corrected chi connectivity index (χ3v) is 3.70. The average molecular weight is 296 g/mol. The smallest absolute Gasteiger partial charge is 0.338 e. The normalized spacial score (nSPS) is 14.7. The Balaban J connectivity index is 1.90. The molecule has 0 bridgehead atoms. The predicted octanol–water partition coefficient (Wildman–Crippen LogP) is 0.924. The highest BCUT2D eigenvalue weighted by molar-refractivity contribution is 7.14. The largest absolute Gasteiger partial charge is 0.478 e. The van der Waals surface area contributed by atoms with Crippen molar-refractivity contribution in [2.75, 3.05) is 11.9 Å². The summed E-state index contributed by atoms with van der Waals surface area (Å²) in [6.07, 6.45) is 0.331. The molecule has 2 N–H and O–H groups in total. The second-order valence-electron chi connectivity index (χ2n) is 4.21. The highest BCUT2D eigenvalue weighted by atomic mass is 32.1. The monoisotopic (exact) mass is 296 g/mol. The molecule has 2 heterocycles. The minimum atomic E-state index is -1.12. The molecule has 1 saturated heterocycles. The molecule has 8 heteroatoms. The molecule has 1 aliphatic heterocycles. The van der Waals surface area contributed by atoms with Crippen molar-refractivity contribution < 1.29 is 24.3 Å². The van der Waals surface area contributed by atoms with Crippen LogP contribution in [0, 0.1) is 0 Å². The Kier molecular flexibility index (Phi) is 4.14. The summed E-state index contributed by atoms with van der Waals surface area (Å²) in [5.41, 5.74) is 0.0247. The summed E-state index contributed by atoms with van der Waals surface area (Å²) in [7, 11) is 0. The second-order valence-corrected chi connectivity index (χ2v) is 5.12. The van der Waals surface area contributed by atoms with E-state index in [1.165, 1.54) is 6.07 Å². The van der Waals surface area contributed by atoms with E-state index in [0.717, 1.165) is 16.2 Å². The summed E-state index contributed by atoms with van der Waals surface area (Å²) in [5.74, 6) is -2.09. The van der Waals surface area contributed by atoms with Crippen molar-refractivity contribution in [3.05, 3.63) is 17.0 Å². The SMILES string of the molecule is O=C(CCN1C(=O)CCC1=O)Nc1sccc1C(=O)O. The molecule has 0 aliphatic carbocycles. The molecule has 3 amide bonds. The number of nitrogens with zero attached hydrogens (tertiary/aromatic N) is 1. The number of hydrogen-bond acceptors (Lipinski definition) is 5. The van der Waals surface area contributed by atoms with Crippen LogP contribution in [-0.2, 0) is 14.4 Å². The lowest BCUT2D eigenvalue weighted by Crippen LogP contribution is -2.32. The van der Waals surface area contributed by atoms with E-state index in [1.54, 1.807) is 5.38 Å². The lowest BCUT2D eigenvalue weighted by molar-refractivity contribution is -0.138. The Labute approximate surface area is 118 Å². The number of nitrogens with one attached hydrogen (secondary N) is 1. The number of carboxylic acid groups (broad SMARTS) is 1. The van der Waals surface area contributed by atoms with Crippen LogP contribution in [0.25, 0.3) is 0 Å². The Bertz CT molecular complexity index is 564. The van der Waals surface area contributed by atoms with Crippen molar-refractivity contribution in [3.8, 4) is 0 Å². The third kappa shape index (κ3) is 3.02. The summed E-state index contributed by atoms with van der Waals surface area (Å²) >= 11 is 1.11. The molecule has 0 saturated carbocycles. The van der Waals surface area contributed by atoms with Gasteiger partial charge in [0.1, 0.15) is 5.00 Å².